The van der Waals surface area contributed by atoms with Crippen molar-refractivity contribution in [3.8, 4) is 0 Å². The third-order valence-electron chi connectivity index (χ3n) is 17.4. The molecule has 2 heterocycles. The Bertz CT molecular complexity index is 1540. The molecule has 0 bridgehead atoms. The van der Waals surface area contributed by atoms with Crippen LogP contribution in [0.2, 0.25) is 0 Å². The monoisotopic (exact) mass is 812 g/mol. The van der Waals surface area contributed by atoms with E-state index in [0.717, 1.165) is 12.8 Å². The van der Waals surface area contributed by atoms with Crippen molar-refractivity contribution in [1.82, 2.24) is 0 Å². The van der Waals surface area contributed by atoms with Gasteiger partial charge in [0.25, 0.3) is 0 Å². The van der Waals surface area contributed by atoms with Crippen molar-refractivity contribution in [2.45, 2.75) is 173 Å². The van der Waals surface area contributed by atoms with E-state index < -0.39 is 121 Å². The molecule has 5 aliphatic carbocycles. The highest BCUT2D eigenvalue weighted by molar-refractivity contribution is 5.78. The number of aliphatic hydroxyl groups is 10. The van der Waals surface area contributed by atoms with Crippen LogP contribution in [-0.2, 0) is 23.7 Å². The van der Waals surface area contributed by atoms with Crippen LogP contribution in [0.15, 0.2) is 12.2 Å². The van der Waals surface area contributed by atoms with Gasteiger partial charge in [-0.2, -0.15) is 0 Å². The van der Waals surface area contributed by atoms with E-state index in [2.05, 4.69) is 46.8 Å². The molecular formula is C42H68O15. The molecule has 2 aliphatic heterocycles. The fourth-order valence-electron chi connectivity index (χ4n) is 13.6. The lowest BCUT2D eigenvalue weighted by Crippen LogP contribution is -2.69. The number of esters is 1. The van der Waals surface area contributed by atoms with Crippen LogP contribution in [0.4, 0.5) is 0 Å². The molecule has 2 saturated heterocycles. The first-order valence-corrected chi connectivity index (χ1v) is 21.0. The summed E-state index contributed by atoms with van der Waals surface area (Å²) >= 11 is 0. The quantitative estimate of drug-likeness (QED) is 0.126. The Kier molecular flexibility index (Phi) is 11.3. The summed E-state index contributed by atoms with van der Waals surface area (Å²) in [5, 5.41) is 108. The zero-order valence-electron chi connectivity index (χ0n) is 34.3. The summed E-state index contributed by atoms with van der Waals surface area (Å²) in [7, 11) is 0. The van der Waals surface area contributed by atoms with Crippen molar-refractivity contribution >= 4 is 5.97 Å². The minimum absolute atomic E-state index is 0.0699. The number of hydrogen-bond acceptors (Lipinski definition) is 15. The molecule has 0 radical (unpaired) electrons. The smallest absolute Gasteiger partial charge is 0.314 e. The molecule has 15 heteroatoms. The SMILES string of the molecule is CC1(C)CCC2(C(=O)OC3OC(COC4OC(CO)C(O)C(O)C4O)C(O)C(O)C3O)CCC3(C)C(C=CC4C5(C)CC(O)C(O)C(C)(C)C5CCC43C)C2C1O. The van der Waals surface area contributed by atoms with E-state index in [0.29, 0.717) is 32.1 Å². The molecule has 4 saturated carbocycles. The molecule has 0 amide bonds. The summed E-state index contributed by atoms with van der Waals surface area (Å²) in [6, 6.07) is 0. The lowest BCUT2D eigenvalue weighted by Gasteiger charge is -2.72. The summed E-state index contributed by atoms with van der Waals surface area (Å²) in [5.74, 6) is -1.27. The van der Waals surface area contributed by atoms with Gasteiger partial charge in [0, 0.05) is 5.92 Å². The van der Waals surface area contributed by atoms with Gasteiger partial charge < -0.3 is 70.0 Å². The molecule has 57 heavy (non-hydrogen) atoms. The Morgan fingerprint density at radius 3 is 1.93 bits per heavy atom. The zero-order chi connectivity index (χ0) is 42.0. The highest BCUT2D eigenvalue weighted by Gasteiger charge is 2.72. The fourth-order valence-corrected chi connectivity index (χ4v) is 13.6. The van der Waals surface area contributed by atoms with Gasteiger partial charge in [-0.25, -0.2) is 0 Å². The minimum atomic E-state index is -1.85. The number of rotatable bonds is 6. The van der Waals surface area contributed by atoms with Gasteiger partial charge in [-0.05, 0) is 89.8 Å². The normalized spacial score (nSPS) is 55.4. The summed E-state index contributed by atoms with van der Waals surface area (Å²) < 4.78 is 22.9. The van der Waals surface area contributed by atoms with Gasteiger partial charge in [-0.15, -0.1) is 0 Å². The largest absolute Gasteiger partial charge is 0.432 e. The van der Waals surface area contributed by atoms with Crippen LogP contribution in [-0.4, -0.2) is 150 Å². The van der Waals surface area contributed by atoms with E-state index in [1.807, 2.05) is 13.8 Å². The van der Waals surface area contributed by atoms with Crippen LogP contribution in [0.5, 0.6) is 0 Å². The first-order valence-electron chi connectivity index (χ1n) is 21.0. The molecule has 0 spiro atoms. The third-order valence-corrected chi connectivity index (χ3v) is 17.4. The van der Waals surface area contributed by atoms with Crippen molar-refractivity contribution in [2.75, 3.05) is 13.2 Å². The maximum Gasteiger partial charge on any atom is 0.314 e. The van der Waals surface area contributed by atoms with Crippen LogP contribution in [0.3, 0.4) is 0 Å². The van der Waals surface area contributed by atoms with Crippen molar-refractivity contribution in [2.24, 2.45) is 56.2 Å². The van der Waals surface area contributed by atoms with E-state index in [1.54, 1.807) is 0 Å². The predicted octanol–water partition coefficient (Wildman–Crippen LogP) is 0.114. The van der Waals surface area contributed by atoms with E-state index >= 15 is 0 Å². The first kappa shape index (κ1) is 43.8. The van der Waals surface area contributed by atoms with Crippen molar-refractivity contribution in [3.05, 3.63) is 12.2 Å². The van der Waals surface area contributed by atoms with E-state index in [1.165, 1.54) is 0 Å². The molecule has 6 fully saturated rings. The van der Waals surface area contributed by atoms with Crippen molar-refractivity contribution in [1.29, 1.82) is 0 Å². The molecular weight excluding hydrogens is 744 g/mol. The minimum Gasteiger partial charge on any atom is -0.432 e. The third kappa shape index (κ3) is 6.35. The molecule has 15 nitrogen and oxygen atoms in total. The summed E-state index contributed by atoms with van der Waals surface area (Å²) in [6.07, 6.45) is -10.4. The average Bonchev–Trinajstić information content (AvgIpc) is 3.15. The second kappa shape index (κ2) is 14.7. The topological polar surface area (TPSA) is 256 Å². The number of ether oxygens (including phenoxy) is 4. The molecule has 0 aromatic heterocycles. The van der Waals surface area contributed by atoms with E-state index in [4.69, 9.17) is 18.9 Å². The number of aliphatic hydroxyl groups excluding tert-OH is 10. The molecule has 326 valence electrons. The van der Waals surface area contributed by atoms with Gasteiger partial charge in [0.1, 0.15) is 48.8 Å². The fraction of sp³-hybridized carbons (Fsp3) is 0.929. The summed E-state index contributed by atoms with van der Waals surface area (Å²) in [6.45, 7) is 13.8. The number of carbonyl (C=O) groups is 1. The molecule has 21 unspecified atom stereocenters. The van der Waals surface area contributed by atoms with Gasteiger partial charge in [-0.3, -0.25) is 4.79 Å². The Hall–Kier alpha value is -1.31. The highest BCUT2D eigenvalue weighted by atomic mass is 16.7. The second-order valence-electron chi connectivity index (χ2n) is 20.9. The van der Waals surface area contributed by atoms with Gasteiger partial charge in [-0.1, -0.05) is 60.6 Å². The molecule has 0 aromatic rings. The maximum atomic E-state index is 14.8. The lowest BCUT2D eigenvalue weighted by molar-refractivity contribution is -0.329. The molecule has 7 aliphatic rings. The van der Waals surface area contributed by atoms with Crippen LogP contribution < -0.4 is 0 Å². The number of hydrogen-bond donors (Lipinski definition) is 10. The Balaban J connectivity index is 1.15. The van der Waals surface area contributed by atoms with Crippen LogP contribution >= 0.6 is 0 Å². The Morgan fingerprint density at radius 2 is 1.28 bits per heavy atom. The highest BCUT2D eigenvalue weighted by Crippen LogP contribution is 2.75. The molecule has 0 aromatic carbocycles. The molecule has 10 N–H and O–H groups in total. The lowest BCUT2D eigenvalue weighted by atomic mass is 9.32. The van der Waals surface area contributed by atoms with Gasteiger partial charge in [0.05, 0.1) is 36.9 Å². The standard InChI is InChI=1S/C42H68O15/c1-37(2)12-14-42(36(53)57-35-31(50)29(48)27(46)22(56-35)18-54-34-30(49)28(47)26(45)21(17-43)55-34)15-13-40(6)19(25(42)33(37)52)8-9-24-39(5)16-20(44)32(51)38(3,4)23(39)10-11-41(24,40)7/h8-9,19-35,43-52H,10-18H2,1-7H3. The summed E-state index contributed by atoms with van der Waals surface area (Å²) in [4.78, 5) is 14.8. The number of allylic oxidation sites excluding steroid dienone is 2. The second-order valence-corrected chi connectivity index (χ2v) is 20.9. The Morgan fingerprint density at radius 1 is 0.684 bits per heavy atom. The van der Waals surface area contributed by atoms with Gasteiger partial charge >= 0.3 is 5.97 Å². The van der Waals surface area contributed by atoms with Gasteiger partial charge in [0.2, 0.25) is 6.29 Å². The number of carbonyl (C=O) groups excluding carboxylic acids is 1. The molecule has 7 rings (SSSR count). The van der Waals surface area contributed by atoms with Crippen LogP contribution in [0.1, 0.15) is 93.4 Å². The average molecular weight is 813 g/mol. The molecule has 21 atom stereocenters. The van der Waals surface area contributed by atoms with Crippen LogP contribution in [0.25, 0.3) is 0 Å². The maximum absolute atomic E-state index is 14.8. The Labute approximate surface area is 335 Å². The number of fused-ring (bicyclic) bond motifs is 7. The van der Waals surface area contributed by atoms with E-state index in [-0.39, 0.29) is 34.0 Å². The first-order chi connectivity index (χ1) is 26.4. The van der Waals surface area contributed by atoms with Crippen molar-refractivity contribution < 1.29 is 74.8 Å². The predicted molar refractivity (Wildman–Crippen MR) is 200 cm³/mol. The van der Waals surface area contributed by atoms with Crippen molar-refractivity contribution in [3.63, 3.8) is 0 Å². The zero-order valence-corrected chi connectivity index (χ0v) is 34.3. The van der Waals surface area contributed by atoms with E-state index in [9.17, 15) is 55.9 Å². The van der Waals surface area contributed by atoms with Gasteiger partial charge in [0.15, 0.2) is 6.29 Å². The summed E-state index contributed by atoms with van der Waals surface area (Å²) in [5.41, 5.74) is -3.17. The van der Waals surface area contributed by atoms with Crippen LogP contribution in [0, 0.1) is 56.2 Å².